The van der Waals surface area contributed by atoms with E-state index in [9.17, 15) is 5.11 Å². The van der Waals surface area contributed by atoms with Gasteiger partial charge in [0.2, 0.25) is 0 Å². The van der Waals surface area contributed by atoms with Crippen LogP contribution in [0.5, 0.6) is 5.75 Å². The van der Waals surface area contributed by atoms with Crippen molar-refractivity contribution in [1.82, 2.24) is 5.32 Å². The zero-order valence-corrected chi connectivity index (χ0v) is 16.6. The van der Waals surface area contributed by atoms with Crippen molar-refractivity contribution in [2.24, 2.45) is 17.8 Å². The number of nitrogens with one attached hydrogen (secondary N) is 1. The summed E-state index contributed by atoms with van der Waals surface area (Å²) in [6.07, 6.45) is 8.17. The van der Waals surface area contributed by atoms with Crippen LogP contribution < -0.4 is 10.1 Å². The fourth-order valence-electron chi connectivity index (χ4n) is 6.04. The van der Waals surface area contributed by atoms with E-state index in [0.29, 0.717) is 18.6 Å². The summed E-state index contributed by atoms with van der Waals surface area (Å²) in [4.78, 5) is 0. The molecule has 4 bridgehead atoms. The summed E-state index contributed by atoms with van der Waals surface area (Å²) < 4.78 is 5.82. The number of hydrogen-bond donors (Lipinski definition) is 2. The van der Waals surface area contributed by atoms with Gasteiger partial charge in [0, 0.05) is 12.1 Å². The topological polar surface area (TPSA) is 41.5 Å². The molecule has 1 unspecified atom stereocenters. The highest BCUT2D eigenvalue weighted by molar-refractivity contribution is 5.34. The molecule has 0 amide bonds. The normalized spacial score (nSPS) is 34.1. The highest BCUT2D eigenvalue weighted by Gasteiger charge is 2.51. The van der Waals surface area contributed by atoms with Crippen molar-refractivity contribution >= 4 is 0 Å². The molecule has 1 aromatic rings. The fraction of sp³-hybridized carbons (Fsp3) is 0.739. The number of hydrogen-bond acceptors (Lipinski definition) is 3. The summed E-state index contributed by atoms with van der Waals surface area (Å²) in [6, 6.07) is 8.81. The third-order valence-electron chi connectivity index (χ3n) is 6.82. The number of aliphatic hydroxyl groups is 1. The lowest BCUT2D eigenvalue weighted by Gasteiger charge is -2.57. The van der Waals surface area contributed by atoms with E-state index in [1.165, 1.54) is 44.1 Å². The standard InChI is InChI=1S/C23H35NO2/c1-22(2,3)24-14-20(25)15-26-21-6-4-19(5-7-21)23-11-16-8-17(12-23)10-18(9-16)13-23/h4-7,16-18,20,24-25H,8-15H2,1-3H3. The number of ether oxygens (including phenoxy) is 1. The van der Waals surface area contributed by atoms with E-state index in [0.717, 1.165) is 23.5 Å². The molecule has 0 radical (unpaired) electrons. The Morgan fingerprint density at radius 2 is 1.58 bits per heavy atom. The molecule has 1 aromatic carbocycles. The van der Waals surface area contributed by atoms with Crippen molar-refractivity contribution in [1.29, 1.82) is 0 Å². The zero-order chi connectivity index (χ0) is 18.4. The van der Waals surface area contributed by atoms with E-state index in [1.54, 1.807) is 0 Å². The van der Waals surface area contributed by atoms with E-state index < -0.39 is 6.10 Å². The molecular formula is C23H35NO2. The van der Waals surface area contributed by atoms with Crippen LogP contribution in [0.15, 0.2) is 24.3 Å². The summed E-state index contributed by atoms with van der Waals surface area (Å²) in [6.45, 7) is 7.19. The van der Waals surface area contributed by atoms with Gasteiger partial charge in [-0.15, -0.1) is 0 Å². The van der Waals surface area contributed by atoms with E-state index in [1.807, 2.05) is 0 Å². The van der Waals surface area contributed by atoms with Crippen LogP contribution in [0.2, 0.25) is 0 Å². The number of aliphatic hydroxyl groups excluding tert-OH is 1. The van der Waals surface area contributed by atoms with Crippen molar-refractivity contribution in [3.8, 4) is 5.75 Å². The molecular weight excluding hydrogens is 322 g/mol. The van der Waals surface area contributed by atoms with Crippen LogP contribution in [0.1, 0.15) is 64.9 Å². The third-order valence-corrected chi connectivity index (χ3v) is 6.82. The van der Waals surface area contributed by atoms with E-state index >= 15 is 0 Å². The Kier molecular flexibility index (Phi) is 4.81. The van der Waals surface area contributed by atoms with Crippen molar-refractivity contribution in [2.45, 2.75) is 76.4 Å². The Bertz CT molecular complexity index is 581. The van der Waals surface area contributed by atoms with Gasteiger partial charge in [-0.25, -0.2) is 0 Å². The molecule has 2 N–H and O–H groups in total. The maximum atomic E-state index is 10.1. The van der Waals surface area contributed by atoms with Crippen molar-refractivity contribution in [3.05, 3.63) is 29.8 Å². The smallest absolute Gasteiger partial charge is 0.119 e. The summed E-state index contributed by atoms with van der Waals surface area (Å²) in [5.41, 5.74) is 1.99. The van der Waals surface area contributed by atoms with Gasteiger partial charge in [0.15, 0.2) is 0 Å². The quantitative estimate of drug-likeness (QED) is 0.798. The van der Waals surface area contributed by atoms with Gasteiger partial charge in [0.05, 0.1) is 0 Å². The SMILES string of the molecule is CC(C)(C)NCC(O)COc1ccc(C23CC4CC(CC(C4)C2)C3)cc1. The van der Waals surface area contributed by atoms with Gasteiger partial charge < -0.3 is 15.2 Å². The average Bonchev–Trinajstić information content (AvgIpc) is 2.57. The molecule has 0 saturated heterocycles. The maximum absolute atomic E-state index is 10.1. The second-order valence-corrected chi connectivity index (χ2v) is 10.3. The van der Waals surface area contributed by atoms with Crippen LogP contribution in [0, 0.1) is 17.8 Å². The molecule has 0 heterocycles. The minimum Gasteiger partial charge on any atom is -0.491 e. The maximum Gasteiger partial charge on any atom is 0.119 e. The Balaban J connectivity index is 1.34. The molecule has 4 aliphatic rings. The number of benzene rings is 1. The number of β-amino-alcohol motifs (C(OH)–C–C–N with tert-alkyl or cyclic N) is 1. The van der Waals surface area contributed by atoms with Gasteiger partial charge in [-0.05, 0) is 100 Å². The molecule has 144 valence electrons. The average molecular weight is 358 g/mol. The lowest BCUT2D eigenvalue weighted by atomic mass is 9.48. The van der Waals surface area contributed by atoms with Crippen molar-refractivity contribution in [2.75, 3.05) is 13.2 Å². The number of rotatable bonds is 6. The molecule has 0 aromatic heterocycles. The van der Waals surface area contributed by atoms with Crippen LogP contribution >= 0.6 is 0 Å². The Morgan fingerprint density at radius 3 is 2.08 bits per heavy atom. The minimum atomic E-state index is -0.489. The monoisotopic (exact) mass is 357 g/mol. The second-order valence-electron chi connectivity index (χ2n) is 10.3. The lowest BCUT2D eigenvalue weighted by molar-refractivity contribution is -0.00521. The van der Waals surface area contributed by atoms with Gasteiger partial charge in [0.1, 0.15) is 18.5 Å². The van der Waals surface area contributed by atoms with Gasteiger partial charge in [-0.3, -0.25) is 0 Å². The highest BCUT2D eigenvalue weighted by atomic mass is 16.5. The molecule has 4 fully saturated rings. The molecule has 0 spiro atoms. The Hall–Kier alpha value is -1.06. The van der Waals surface area contributed by atoms with E-state index in [4.69, 9.17) is 4.74 Å². The molecule has 3 heteroatoms. The van der Waals surface area contributed by atoms with E-state index in [2.05, 4.69) is 50.4 Å². The molecule has 1 atom stereocenters. The Labute approximate surface area is 158 Å². The van der Waals surface area contributed by atoms with Crippen LogP contribution in [0.4, 0.5) is 0 Å². The van der Waals surface area contributed by atoms with E-state index in [-0.39, 0.29) is 5.54 Å². The second kappa shape index (κ2) is 6.83. The van der Waals surface area contributed by atoms with Crippen LogP contribution in [0.25, 0.3) is 0 Å². The first kappa shape index (κ1) is 18.3. The zero-order valence-electron chi connectivity index (χ0n) is 16.6. The Morgan fingerprint density at radius 1 is 1.04 bits per heavy atom. The molecule has 4 saturated carbocycles. The molecule has 5 rings (SSSR count). The summed E-state index contributed by atoms with van der Waals surface area (Å²) in [5, 5.41) is 13.4. The van der Waals surface area contributed by atoms with Gasteiger partial charge in [0.25, 0.3) is 0 Å². The fourth-order valence-corrected chi connectivity index (χ4v) is 6.04. The molecule has 3 nitrogen and oxygen atoms in total. The highest BCUT2D eigenvalue weighted by Crippen LogP contribution is 2.60. The summed E-state index contributed by atoms with van der Waals surface area (Å²) >= 11 is 0. The lowest BCUT2D eigenvalue weighted by Crippen LogP contribution is -2.48. The van der Waals surface area contributed by atoms with Crippen LogP contribution in [0.3, 0.4) is 0 Å². The first-order valence-electron chi connectivity index (χ1n) is 10.5. The van der Waals surface area contributed by atoms with Gasteiger partial charge >= 0.3 is 0 Å². The molecule has 0 aliphatic heterocycles. The van der Waals surface area contributed by atoms with Gasteiger partial charge in [-0.1, -0.05) is 12.1 Å². The molecule has 26 heavy (non-hydrogen) atoms. The third kappa shape index (κ3) is 3.94. The summed E-state index contributed by atoms with van der Waals surface area (Å²) in [7, 11) is 0. The van der Waals surface area contributed by atoms with Gasteiger partial charge in [-0.2, -0.15) is 0 Å². The largest absolute Gasteiger partial charge is 0.491 e. The summed E-state index contributed by atoms with van der Waals surface area (Å²) in [5.74, 6) is 3.79. The minimum absolute atomic E-state index is 0.0144. The van der Waals surface area contributed by atoms with Crippen molar-refractivity contribution in [3.63, 3.8) is 0 Å². The first-order chi connectivity index (χ1) is 12.3. The van der Waals surface area contributed by atoms with Crippen molar-refractivity contribution < 1.29 is 9.84 Å². The predicted octanol–water partition coefficient (Wildman–Crippen LogP) is 4.28. The van der Waals surface area contributed by atoms with Crippen LogP contribution in [-0.2, 0) is 5.41 Å². The first-order valence-corrected chi connectivity index (χ1v) is 10.5. The predicted molar refractivity (Wildman–Crippen MR) is 106 cm³/mol. The van der Waals surface area contributed by atoms with Crippen LogP contribution in [-0.4, -0.2) is 29.9 Å². The molecule has 4 aliphatic carbocycles.